The lowest BCUT2D eigenvalue weighted by atomic mass is 10.2. The molecule has 0 saturated heterocycles. The molecule has 4 heteroatoms. The Morgan fingerprint density at radius 2 is 2.00 bits per heavy atom. The van der Waals surface area contributed by atoms with Crippen molar-refractivity contribution in [2.24, 2.45) is 0 Å². The number of benzene rings is 1. The summed E-state index contributed by atoms with van der Waals surface area (Å²) in [4.78, 5) is 8.56. The van der Waals surface area contributed by atoms with E-state index in [9.17, 15) is 0 Å². The standard InChI is InChI=1S/C16H13ClN2O/c1-11-8-16(12(9-17)10-19-11)20-15-6-2-5-14-13(15)4-3-7-18-14/h2-8,10H,9H2,1H3. The van der Waals surface area contributed by atoms with Crippen LogP contribution in [0.25, 0.3) is 10.9 Å². The molecule has 0 N–H and O–H groups in total. The predicted octanol–water partition coefficient (Wildman–Crippen LogP) is 4.47. The summed E-state index contributed by atoms with van der Waals surface area (Å²) in [7, 11) is 0. The van der Waals surface area contributed by atoms with Crippen molar-refractivity contribution in [3.8, 4) is 11.5 Å². The van der Waals surface area contributed by atoms with Gasteiger partial charge in [-0.15, -0.1) is 11.6 Å². The number of alkyl halides is 1. The molecule has 0 unspecified atom stereocenters. The second kappa shape index (κ2) is 5.47. The van der Waals surface area contributed by atoms with Crippen molar-refractivity contribution in [1.29, 1.82) is 0 Å². The largest absolute Gasteiger partial charge is 0.456 e. The maximum absolute atomic E-state index is 6.03. The minimum atomic E-state index is 0.367. The average Bonchev–Trinajstić information content (AvgIpc) is 2.48. The molecule has 0 atom stereocenters. The first-order valence-electron chi connectivity index (χ1n) is 6.31. The van der Waals surface area contributed by atoms with Crippen molar-refractivity contribution in [3.05, 3.63) is 60.0 Å². The van der Waals surface area contributed by atoms with Gasteiger partial charge in [0, 0.05) is 35.1 Å². The number of hydrogen-bond donors (Lipinski definition) is 0. The zero-order chi connectivity index (χ0) is 13.9. The quantitative estimate of drug-likeness (QED) is 0.666. The van der Waals surface area contributed by atoms with Crippen LogP contribution in [-0.4, -0.2) is 9.97 Å². The van der Waals surface area contributed by atoms with Crippen LogP contribution in [0, 0.1) is 6.92 Å². The van der Waals surface area contributed by atoms with Crippen LogP contribution >= 0.6 is 11.6 Å². The number of aryl methyl sites for hydroxylation is 1. The Kier molecular flexibility index (Phi) is 3.52. The molecular formula is C16H13ClN2O. The Bertz CT molecular complexity index is 753. The summed E-state index contributed by atoms with van der Waals surface area (Å²) < 4.78 is 6.03. The monoisotopic (exact) mass is 284 g/mol. The van der Waals surface area contributed by atoms with Gasteiger partial charge in [-0.25, -0.2) is 0 Å². The molecule has 0 aliphatic heterocycles. The zero-order valence-electron chi connectivity index (χ0n) is 11.0. The van der Waals surface area contributed by atoms with Crippen molar-refractivity contribution in [2.45, 2.75) is 12.8 Å². The molecule has 0 spiro atoms. The van der Waals surface area contributed by atoms with Gasteiger partial charge in [-0.1, -0.05) is 6.07 Å². The molecule has 0 amide bonds. The Labute approximate surface area is 122 Å². The van der Waals surface area contributed by atoms with Gasteiger partial charge in [-0.3, -0.25) is 9.97 Å². The molecule has 0 aliphatic carbocycles. The molecule has 100 valence electrons. The lowest BCUT2D eigenvalue weighted by Gasteiger charge is -2.11. The fraction of sp³-hybridized carbons (Fsp3) is 0.125. The van der Waals surface area contributed by atoms with Gasteiger partial charge in [0.25, 0.3) is 0 Å². The van der Waals surface area contributed by atoms with E-state index in [0.29, 0.717) is 5.88 Å². The number of pyridine rings is 2. The summed E-state index contributed by atoms with van der Waals surface area (Å²) in [6, 6.07) is 11.6. The van der Waals surface area contributed by atoms with E-state index in [-0.39, 0.29) is 0 Å². The Balaban J connectivity index is 2.07. The second-order valence-corrected chi connectivity index (χ2v) is 4.76. The maximum Gasteiger partial charge on any atom is 0.136 e. The van der Waals surface area contributed by atoms with Crippen LogP contribution in [0.4, 0.5) is 0 Å². The highest BCUT2D eigenvalue weighted by atomic mass is 35.5. The molecule has 0 aliphatic rings. The number of nitrogens with zero attached hydrogens (tertiary/aromatic N) is 2. The molecular weight excluding hydrogens is 272 g/mol. The van der Waals surface area contributed by atoms with Gasteiger partial charge in [0.05, 0.1) is 11.4 Å². The molecule has 3 nitrogen and oxygen atoms in total. The summed E-state index contributed by atoms with van der Waals surface area (Å²) >= 11 is 5.94. The molecule has 0 saturated carbocycles. The lowest BCUT2D eigenvalue weighted by molar-refractivity contribution is 0.482. The van der Waals surface area contributed by atoms with Gasteiger partial charge in [0.15, 0.2) is 0 Å². The molecule has 2 aromatic heterocycles. The molecule has 0 fully saturated rings. The Hall–Kier alpha value is -2.13. The minimum absolute atomic E-state index is 0.367. The zero-order valence-corrected chi connectivity index (χ0v) is 11.8. The number of aromatic nitrogens is 2. The van der Waals surface area contributed by atoms with Gasteiger partial charge in [0.1, 0.15) is 11.5 Å². The van der Waals surface area contributed by atoms with Gasteiger partial charge < -0.3 is 4.74 Å². The van der Waals surface area contributed by atoms with Crippen molar-refractivity contribution < 1.29 is 4.74 Å². The van der Waals surface area contributed by atoms with E-state index < -0.39 is 0 Å². The molecule has 3 aromatic rings. The van der Waals surface area contributed by atoms with Crippen LogP contribution in [0.5, 0.6) is 11.5 Å². The van der Waals surface area contributed by atoms with Gasteiger partial charge in [0.2, 0.25) is 0 Å². The summed E-state index contributed by atoms with van der Waals surface area (Å²) in [5, 5.41) is 0.977. The average molecular weight is 285 g/mol. The summed E-state index contributed by atoms with van der Waals surface area (Å²) in [5.74, 6) is 1.88. The van der Waals surface area contributed by atoms with Crippen LogP contribution in [0.1, 0.15) is 11.3 Å². The smallest absolute Gasteiger partial charge is 0.136 e. The maximum atomic E-state index is 6.03. The van der Waals surface area contributed by atoms with E-state index in [2.05, 4.69) is 9.97 Å². The van der Waals surface area contributed by atoms with Crippen LogP contribution < -0.4 is 4.74 Å². The molecule has 1 aromatic carbocycles. The van der Waals surface area contributed by atoms with E-state index in [0.717, 1.165) is 33.7 Å². The topological polar surface area (TPSA) is 35.0 Å². The highest BCUT2D eigenvalue weighted by molar-refractivity contribution is 6.17. The van der Waals surface area contributed by atoms with E-state index in [1.807, 2.05) is 43.3 Å². The van der Waals surface area contributed by atoms with Crippen molar-refractivity contribution in [1.82, 2.24) is 9.97 Å². The van der Waals surface area contributed by atoms with E-state index in [1.165, 1.54) is 0 Å². The summed E-state index contributed by atoms with van der Waals surface area (Å²) in [6.07, 6.45) is 3.52. The third-order valence-electron chi connectivity index (χ3n) is 3.05. The van der Waals surface area contributed by atoms with Crippen molar-refractivity contribution >= 4 is 22.5 Å². The first kappa shape index (κ1) is 12.9. The fourth-order valence-electron chi connectivity index (χ4n) is 2.04. The molecule has 0 radical (unpaired) electrons. The number of fused-ring (bicyclic) bond motifs is 1. The predicted molar refractivity (Wildman–Crippen MR) is 80.3 cm³/mol. The normalized spacial score (nSPS) is 10.7. The van der Waals surface area contributed by atoms with Crippen LogP contribution in [0.3, 0.4) is 0 Å². The number of rotatable bonds is 3. The summed E-state index contributed by atoms with van der Waals surface area (Å²) in [6.45, 7) is 1.93. The first-order valence-corrected chi connectivity index (χ1v) is 6.84. The van der Waals surface area contributed by atoms with Crippen LogP contribution in [0.15, 0.2) is 48.8 Å². The number of ether oxygens (including phenoxy) is 1. The third-order valence-corrected chi connectivity index (χ3v) is 3.34. The molecule has 0 bridgehead atoms. The van der Waals surface area contributed by atoms with Crippen LogP contribution in [0.2, 0.25) is 0 Å². The first-order chi connectivity index (χ1) is 9.78. The Morgan fingerprint density at radius 3 is 2.85 bits per heavy atom. The molecule has 3 rings (SSSR count). The Morgan fingerprint density at radius 1 is 1.10 bits per heavy atom. The highest BCUT2D eigenvalue weighted by Gasteiger charge is 2.08. The minimum Gasteiger partial charge on any atom is -0.456 e. The third kappa shape index (κ3) is 2.45. The van der Waals surface area contributed by atoms with E-state index in [4.69, 9.17) is 16.3 Å². The van der Waals surface area contributed by atoms with Gasteiger partial charge in [-0.05, 0) is 31.2 Å². The molecule has 20 heavy (non-hydrogen) atoms. The van der Waals surface area contributed by atoms with Crippen molar-refractivity contribution in [3.63, 3.8) is 0 Å². The van der Waals surface area contributed by atoms with Gasteiger partial charge in [-0.2, -0.15) is 0 Å². The van der Waals surface area contributed by atoms with Crippen molar-refractivity contribution in [2.75, 3.05) is 0 Å². The fourth-order valence-corrected chi connectivity index (χ4v) is 2.24. The van der Waals surface area contributed by atoms with E-state index >= 15 is 0 Å². The lowest BCUT2D eigenvalue weighted by Crippen LogP contribution is -1.94. The van der Waals surface area contributed by atoms with E-state index in [1.54, 1.807) is 12.4 Å². The summed E-state index contributed by atoms with van der Waals surface area (Å²) in [5.41, 5.74) is 2.67. The number of halogens is 1. The van der Waals surface area contributed by atoms with Gasteiger partial charge >= 0.3 is 0 Å². The second-order valence-electron chi connectivity index (χ2n) is 4.50. The SMILES string of the molecule is Cc1cc(Oc2cccc3ncccc23)c(CCl)cn1. The van der Waals surface area contributed by atoms with Crippen LogP contribution in [-0.2, 0) is 5.88 Å². The molecule has 2 heterocycles. The highest BCUT2D eigenvalue weighted by Crippen LogP contribution is 2.31. The number of hydrogen-bond acceptors (Lipinski definition) is 3.